The van der Waals surface area contributed by atoms with Gasteiger partial charge in [0.1, 0.15) is 6.61 Å². The first-order valence-electron chi connectivity index (χ1n) is 11.5. The van der Waals surface area contributed by atoms with Crippen LogP contribution in [-0.4, -0.2) is 31.8 Å². The summed E-state index contributed by atoms with van der Waals surface area (Å²) in [7, 11) is 0. The van der Waals surface area contributed by atoms with Crippen molar-refractivity contribution in [2.45, 2.75) is 44.6 Å². The van der Waals surface area contributed by atoms with Gasteiger partial charge in [-0.3, -0.25) is 4.90 Å². The minimum atomic E-state index is -0.237. The first-order valence-corrected chi connectivity index (χ1v) is 11.5. The van der Waals surface area contributed by atoms with Crippen LogP contribution in [0.15, 0.2) is 66.7 Å². The summed E-state index contributed by atoms with van der Waals surface area (Å²) in [6.07, 6.45) is 4.65. The molecule has 2 unspecified atom stereocenters. The number of benzene rings is 3. The van der Waals surface area contributed by atoms with E-state index >= 15 is 0 Å². The molecule has 2 atom stereocenters. The van der Waals surface area contributed by atoms with E-state index in [1.165, 1.54) is 47.7 Å². The zero-order valence-corrected chi connectivity index (χ0v) is 18.2. The molecular weight excluding hydrogens is 384 g/mol. The maximum absolute atomic E-state index is 11.8. The van der Waals surface area contributed by atoms with Crippen molar-refractivity contribution in [1.82, 2.24) is 0 Å². The van der Waals surface area contributed by atoms with E-state index in [1.54, 1.807) is 4.90 Å². The van der Waals surface area contributed by atoms with Crippen LogP contribution in [0.25, 0.3) is 10.8 Å². The number of hydrogen-bond acceptors (Lipinski definition) is 3. The molecule has 160 valence electrons. The van der Waals surface area contributed by atoms with Crippen LogP contribution in [0.3, 0.4) is 0 Å². The highest BCUT2D eigenvalue weighted by molar-refractivity contribution is 5.94. The molecule has 5 rings (SSSR count). The predicted octanol–water partition coefficient (Wildman–Crippen LogP) is 6.35. The van der Waals surface area contributed by atoms with Gasteiger partial charge in [0.05, 0.1) is 6.54 Å². The second-order valence-electron chi connectivity index (χ2n) is 8.66. The fourth-order valence-corrected chi connectivity index (χ4v) is 5.39. The lowest BCUT2D eigenvalue weighted by Crippen LogP contribution is -2.38. The van der Waals surface area contributed by atoms with Crippen LogP contribution in [0.1, 0.15) is 44.1 Å². The molecule has 1 aliphatic heterocycles. The average molecular weight is 415 g/mol. The molecule has 1 aliphatic carbocycles. The molecule has 1 amide bonds. The van der Waals surface area contributed by atoms with Crippen molar-refractivity contribution in [2.24, 2.45) is 0 Å². The second-order valence-corrected chi connectivity index (χ2v) is 8.66. The number of cyclic esters (lactones) is 1. The molecule has 3 aromatic rings. The molecule has 1 saturated heterocycles. The molecule has 4 nitrogen and oxygen atoms in total. The van der Waals surface area contributed by atoms with E-state index in [1.807, 2.05) is 0 Å². The summed E-state index contributed by atoms with van der Waals surface area (Å²) in [6, 6.07) is 24.5. The lowest BCUT2D eigenvalue weighted by molar-refractivity contribution is 0.181. The Labute approximate surface area is 184 Å². The summed E-state index contributed by atoms with van der Waals surface area (Å²) < 4.78 is 5.07. The van der Waals surface area contributed by atoms with E-state index < -0.39 is 0 Å². The normalized spacial score (nSPS) is 21.3. The largest absolute Gasteiger partial charge is 0.447 e. The number of rotatable bonds is 5. The van der Waals surface area contributed by atoms with E-state index in [0.29, 0.717) is 25.1 Å². The Balaban J connectivity index is 1.36. The Bertz CT molecular complexity index is 1060. The fourth-order valence-electron chi connectivity index (χ4n) is 5.39. The number of fused-ring (bicyclic) bond motifs is 1. The van der Waals surface area contributed by atoms with Gasteiger partial charge >= 0.3 is 6.09 Å². The summed E-state index contributed by atoms with van der Waals surface area (Å²) in [5, 5.41) is 2.65. The molecule has 4 heteroatoms. The molecule has 0 aromatic heterocycles. The fraction of sp³-hybridized carbons (Fsp3) is 0.370. The van der Waals surface area contributed by atoms with Crippen LogP contribution in [0.2, 0.25) is 0 Å². The van der Waals surface area contributed by atoms with Crippen molar-refractivity contribution in [3.63, 3.8) is 0 Å². The minimum Gasteiger partial charge on any atom is -0.447 e. The van der Waals surface area contributed by atoms with Crippen molar-refractivity contribution in [3.8, 4) is 0 Å². The molecule has 1 saturated carbocycles. The third kappa shape index (κ3) is 3.87. The van der Waals surface area contributed by atoms with E-state index in [0.717, 1.165) is 12.2 Å². The molecule has 0 N–H and O–H groups in total. The van der Waals surface area contributed by atoms with Gasteiger partial charge < -0.3 is 9.64 Å². The lowest BCUT2D eigenvalue weighted by Gasteiger charge is -2.39. The number of nitrogens with zero attached hydrogens (tertiary/aromatic N) is 2. The van der Waals surface area contributed by atoms with E-state index in [4.69, 9.17) is 4.74 Å². The quantitative estimate of drug-likeness (QED) is 0.488. The number of hydrogen-bond donors (Lipinski definition) is 0. The SMILES string of the molecule is CCN(c1cccc2ccccc12)C1CCCC(c2ccc(N3CCOC3=O)cc2)C1. The van der Waals surface area contributed by atoms with Gasteiger partial charge in [-0.05, 0) is 61.3 Å². The Morgan fingerprint density at radius 2 is 1.81 bits per heavy atom. The molecule has 2 fully saturated rings. The Morgan fingerprint density at radius 1 is 1.00 bits per heavy atom. The molecular formula is C27H30N2O2. The predicted molar refractivity (Wildman–Crippen MR) is 127 cm³/mol. The smallest absolute Gasteiger partial charge is 0.414 e. The minimum absolute atomic E-state index is 0.237. The van der Waals surface area contributed by atoms with Crippen molar-refractivity contribution in [1.29, 1.82) is 0 Å². The monoisotopic (exact) mass is 414 g/mol. The number of ether oxygens (including phenoxy) is 1. The van der Waals surface area contributed by atoms with Gasteiger partial charge in [-0.15, -0.1) is 0 Å². The zero-order valence-electron chi connectivity index (χ0n) is 18.2. The van der Waals surface area contributed by atoms with Crippen molar-refractivity contribution in [3.05, 3.63) is 72.3 Å². The van der Waals surface area contributed by atoms with Gasteiger partial charge in [0.2, 0.25) is 0 Å². The zero-order chi connectivity index (χ0) is 21.2. The van der Waals surface area contributed by atoms with Gasteiger partial charge in [-0.25, -0.2) is 4.79 Å². The highest BCUT2D eigenvalue weighted by Crippen LogP contribution is 2.38. The van der Waals surface area contributed by atoms with Crippen molar-refractivity contribution >= 4 is 28.2 Å². The van der Waals surface area contributed by atoms with Crippen LogP contribution in [-0.2, 0) is 4.74 Å². The van der Waals surface area contributed by atoms with Crippen LogP contribution in [0, 0.1) is 0 Å². The first-order chi connectivity index (χ1) is 15.2. The summed E-state index contributed by atoms with van der Waals surface area (Å²) >= 11 is 0. The number of amides is 1. The van der Waals surface area contributed by atoms with Gasteiger partial charge in [-0.2, -0.15) is 0 Å². The number of carbonyl (C=O) groups is 1. The van der Waals surface area contributed by atoms with Crippen LogP contribution in [0.4, 0.5) is 16.2 Å². The number of carbonyl (C=O) groups excluding carboxylic acids is 1. The van der Waals surface area contributed by atoms with Crippen molar-refractivity contribution in [2.75, 3.05) is 29.5 Å². The standard InChI is InChI=1S/C27H30N2O2/c1-2-28(26-12-6-8-21-7-3-4-11-25(21)26)24-10-5-9-22(19-24)20-13-15-23(16-14-20)29-17-18-31-27(29)30/h3-4,6-8,11-16,22,24H,2,5,9-10,17-19H2,1H3. The molecule has 0 radical (unpaired) electrons. The summed E-state index contributed by atoms with van der Waals surface area (Å²) in [6.45, 7) is 4.41. The summed E-state index contributed by atoms with van der Waals surface area (Å²) in [5.41, 5.74) is 3.67. The lowest BCUT2D eigenvalue weighted by atomic mass is 9.80. The Kier molecular flexibility index (Phi) is 5.54. The van der Waals surface area contributed by atoms with Gasteiger partial charge in [0.25, 0.3) is 0 Å². The molecule has 0 spiro atoms. The highest BCUT2D eigenvalue weighted by atomic mass is 16.6. The van der Waals surface area contributed by atoms with Crippen LogP contribution in [0.5, 0.6) is 0 Å². The number of anilines is 2. The van der Waals surface area contributed by atoms with E-state index in [9.17, 15) is 4.79 Å². The van der Waals surface area contributed by atoms with Gasteiger partial charge in [0.15, 0.2) is 0 Å². The first kappa shape index (κ1) is 19.9. The van der Waals surface area contributed by atoms with E-state index in [-0.39, 0.29) is 6.09 Å². The van der Waals surface area contributed by atoms with Crippen LogP contribution < -0.4 is 9.80 Å². The molecule has 31 heavy (non-hydrogen) atoms. The maximum Gasteiger partial charge on any atom is 0.414 e. The Hall–Kier alpha value is -3.01. The molecule has 1 heterocycles. The molecule has 3 aromatic carbocycles. The van der Waals surface area contributed by atoms with Crippen LogP contribution >= 0.6 is 0 Å². The maximum atomic E-state index is 11.8. The third-order valence-corrected chi connectivity index (χ3v) is 6.94. The molecule has 0 bridgehead atoms. The van der Waals surface area contributed by atoms with Gasteiger partial charge in [0, 0.05) is 29.3 Å². The Morgan fingerprint density at radius 3 is 2.58 bits per heavy atom. The second kappa shape index (κ2) is 8.62. The topological polar surface area (TPSA) is 32.8 Å². The summed E-state index contributed by atoms with van der Waals surface area (Å²) in [4.78, 5) is 16.2. The highest BCUT2D eigenvalue weighted by Gasteiger charge is 2.29. The summed E-state index contributed by atoms with van der Waals surface area (Å²) in [5.74, 6) is 0.558. The molecule has 2 aliphatic rings. The average Bonchev–Trinajstić information content (AvgIpc) is 3.26. The van der Waals surface area contributed by atoms with Gasteiger partial charge in [-0.1, -0.05) is 55.0 Å². The van der Waals surface area contributed by atoms with Crippen molar-refractivity contribution < 1.29 is 9.53 Å². The van der Waals surface area contributed by atoms with E-state index in [2.05, 4.69) is 78.6 Å². The third-order valence-electron chi connectivity index (χ3n) is 6.94.